The van der Waals surface area contributed by atoms with E-state index in [0.29, 0.717) is 18.5 Å². The lowest BCUT2D eigenvalue weighted by Crippen LogP contribution is -2.49. The highest BCUT2D eigenvalue weighted by atomic mass is 19.4. The van der Waals surface area contributed by atoms with E-state index in [1.807, 2.05) is 6.92 Å². The summed E-state index contributed by atoms with van der Waals surface area (Å²) in [5.74, 6) is -1.75. The number of carbonyl (C=O) groups is 2. The van der Waals surface area contributed by atoms with Crippen molar-refractivity contribution in [1.82, 2.24) is 19.2 Å². The SMILES string of the molecule is CCOC(=O)[C@H]1CCCN(C(=O)c2nn(-c3ccc(C)cc3)c(=O)n(Cc3ccc(C(F)(F)F)cc3)c2=O)C1. The van der Waals surface area contributed by atoms with Gasteiger partial charge in [0.15, 0.2) is 0 Å². The minimum absolute atomic E-state index is 0.0291. The Hall–Kier alpha value is -4.22. The van der Waals surface area contributed by atoms with Crippen LogP contribution in [0.2, 0.25) is 0 Å². The second kappa shape index (κ2) is 11.3. The summed E-state index contributed by atoms with van der Waals surface area (Å²) >= 11 is 0. The molecule has 0 spiro atoms. The Labute approximate surface area is 221 Å². The van der Waals surface area contributed by atoms with Crippen molar-refractivity contribution in [3.05, 3.63) is 91.8 Å². The maximum atomic E-state index is 13.5. The summed E-state index contributed by atoms with van der Waals surface area (Å²) in [7, 11) is 0. The number of nitrogens with zero attached hydrogens (tertiary/aromatic N) is 4. The van der Waals surface area contributed by atoms with Crippen LogP contribution in [0.4, 0.5) is 13.2 Å². The van der Waals surface area contributed by atoms with Gasteiger partial charge in [0, 0.05) is 13.1 Å². The predicted molar refractivity (Wildman–Crippen MR) is 135 cm³/mol. The van der Waals surface area contributed by atoms with E-state index in [2.05, 4.69) is 5.10 Å². The summed E-state index contributed by atoms with van der Waals surface area (Å²) in [5.41, 5.74) is -1.80. The van der Waals surface area contributed by atoms with Crippen molar-refractivity contribution in [2.45, 2.75) is 39.4 Å². The molecule has 3 aromatic rings. The molecule has 0 unspecified atom stereocenters. The van der Waals surface area contributed by atoms with E-state index in [-0.39, 0.29) is 31.8 Å². The molecule has 39 heavy (non-hydrogen) atoms. The van der Waals surface area contributed by atoms with Crippen LogP contribution in [0.1, 0.15) is 46.9 Å². The van der Waals surface area contributed by atoms with Crippen LogP contribution in [0.5, 0.6) is 0 Å². The first-order valence-electron chi connectivity index (χ1n) is 12.4. The van der Waals surface area contributed by atoms with Crippen molar-refractivity contribution in [3.8, 4) is 5.69 Å². The van der Waals surface area contributed by atoms with Crippen molar-refractivity contribution in [2.75, 3.05) is 19.7 Å². The van der Waals surface area contributed by atoms with E-state index in [4.69, 9.17) is 4.74 Å². The molecule has 0 aliphatic carbocycles. The smallest absolute Gasteiger partial charge is 0.416 e. The third-order valence-corrected chi connectivity index (χ3v) is 6.49. The molecule has 2 heterocycles. The van der Waals surface area contributed by atoms with Crippen molar-refractivity contribution in [1.29, 1.82) is 0 Å². The monoisotopic (exact) mass is 544 g/mol. The average molecular weight is 545 g/mol. The van der Waals surface area contributed by atoms with Crippen LogP contribution in [-0.4, -0.2) is 50.8 Å². The number of carbonyl (C=O) groups excluding carboxylic acids is 2. The molecule has 1 amide bonds. The highest BCUT2D eigenvalue weighted by molar-refractivity contribution is 5.92. The summed E-state index contributed by atoms with van der Waals surface area (Å²) < 4.78 is 45.8. The summed E-state index contributed by atoms with van der Waals surface area (Å²) in [6, 6.07) is 10.7. The first kappa shape index (κ1) is 27.8. The van der Waals surface area contributed by atoms with Gasteiger partial charge in [0.25, 0.3) is 11.5 Å². The van der Waals surface area contributed by atoms with E-state index in [1.165, 1.54) is 17.0 Å². The number of amides is 1. The fourth-order valence-corrected chi connectivity index (χ4v) is 4.39. The number of alkyl halides is 3. The van der Waals surface area contributed by atoms with E-state index >= 15 is 0 Å². The molecule has 0 saturated carbocycles. The van der Waals surface area contributed by atoms with Crippen molar-refractivity contribution in [3.63, 3.8) is 0 Å². The van der Waals surface area contributed by atoms with Crippen molar-refractivity contribution >= 4 is 11.9 Å². The van der Waals surface area contributed by atoms with Crippen LogP contribution in [0.15, 0.2) is 58.1 Å². The molecule has 1 atom stereocenters. The number of likely N-dealkylation sites (tertiary alicyclic amines) is 1. The zero-order chi connectivity index (χ0) is 28.3. The van der Waals surface area contributed by atoms with E-state index in [1.54, 1.807) is 31.2 Å². The van der Waals surface area contributed by atoms with Crippen LogP contribution in [0.3, 0.4) is 0 Å². The summed E-state index contributed by atoms with van der Waals surface area (Å²) in [6.45, 7) is 3.65. The molecule has 1 aliphatic heterocycles. The Morgan fingerprint density at radius 3 is 2.33 bits per heavy atom. The molecule has 1 saturated heterocycles. The van der Waals surface area contributed by atoms with Gasteiger partial charge in [0.2, 0.25) is 5.69 Å². The number of hydrogen-bond donors (Lipinski definition) is 0. The lowest BCUT2D eigenvalue weighted by molar-refractivity contribution is -0.149. The van der Waals surface area contributed by atoms with E-state index < -0.39 is 46.5 Å². The highest BCUT2D eigenvalue weighted by Crippen LogP contribution is 2.29. The van der Waals surface area contributed by atoms with Crippen molar-refractivity contribution < 1.29 is 27.5 Å². The predicted octanol–water partition coefficient (Wildman–Crippen LogP) is 3.19. The average Bonchev–Trinajstić information content (AvgIpc) is 2.91. The van der Waals surface area contributed by atoms with Crippen LogP contribution in [0.25, 0.3) is 5.69 Å². The number of aryl methyl sites for hydroxylation is 1. The van der Waals surface area contributed by atoms with Gasteiger partial charge in [0.05, 0.1) is 30.3 Å². The number of piperidine rings is 1. The van der Waals surface area contributed by atoms with Crippen LogP contribution in [0, 0.1) is 12.8 Å². The topological polar surface area (TPSA) is 104 Å². The van der Waals surface area contributed by atoms with Gasteiger partial charge in [0.1, 0.15) is 0 Å². The van der Waals surface area contributed by atoms with Gasteiger partial charge < -0.3 is 9.64 Å². The maximum Gasteiger partial charge on any atom is 0.416 e. The Morgan fingerprint density at radius 2 is 1.72 bits per heavy atom. The first-order chi connectivity index (χ1) is 18.5. The highest BCUT2D eigenvalue weighted by Gasteiger charge is 2.33. The molecule has 206 valence electrons. The summed E-state index contributed by atoms with van der Waals surface area (Å²) in [4.78, 5) is 53.9. The molecule has 0 N–H and O–H groups in total. The fraction of sp³-hybridized carbons (Fsp3) is 0.370. The van der Waals surface area contributed by atoms with Gasteiger partial charge in [-0.25, -0.2) is 4.79 Å². The lowest BCUT2D eigenvalue weighted by Gasteiger charge is -2.31. The number of benzene rings is 2. The lowest BCUT2D eigenvalue weighted by atomic mass is 9.98. The third kappa shape index (κ3) is 6.10. The molecule has 1 fully saturated rings. The minimum Gasteiger partial charge on any atom is -0.466 e. The Kier molecular flexibility index (Phi) is 8.03. The van der Waals surface area contributed by atoms with Gasteiger partial charge in [-0.2, -0.15) is 23.0 Å². The maximum absolute atomic E-state index is 13.5. The zero-order valence-electron chi connectivity index (χ0n) is 21.4. The van der Waals surface area contributed by atoms with Gasteiger partial charge in [-0.05, 0) is 56.5 Å². The molecule has 2 aromatic carbocycles. The van der Waals surface area contributed by atoms with Gasteiger partial charge in [-0.3, -0.25) is 19.0 Å². The van der Waals surface area contributed by atoms with E-state index in [9.17, 15) is 32.3 Å². The molecule has 1 aromatic heterocycles. The Bertz CT molecular complexity index is 1480. The third-order valence-electron chi connectivity index (χ3n) is 6.49. The van der Waals surface area contributed by atoms with E-state index in [0.717, 1.165) is 26.9 Å². The minimum atomic E-state index is -4.54. The molecule has 9 nitrogen and oxygen atoms in total. The molecule has 0 radical (unpaired) electrons. The largest absolute Gasteiger partial charge is 0.466 e. The summed E-state index contributed by atoms with van der Waals surface area (Å²) in [5, 5.41) is 4.12. The molecule has 12 heteroatoms. The fourth-order valence-electron chi connectivity index (χ4n) is 4.39. The second-order valence-electron chi connectivity index (χ2n) is 9.31. The molecular weight excluding hydrogens is 517 g/mol. The number of ether oxygens (including phenoxy) is 1. The second-order valence-corrected chi connectivity index (χ2v) is 9.31. The van der Waals surface area contributed by atoms with Crippen LogP contribution < -0.4 is 11.2 Å². The molecule has 1 aliphatic rings. The van der Waals surface area contributed by atoms with Crippen molar-refractivity contribution in [2.24, 2.45) is 5.92 Å². The standard InChI is InChI=1S/C27H27F3N4O5/c1-3-39-25(37)19-5-4-14-32(16-19)23(35)22-24(36)33(15-18-8-10-20(11-9-18)27(28,29)30)26(38)34(31-22)21-12-6-17(2)7-13-21/h6-13,19H,3-5,14-16H2,1-2H3/t19-/m0/s1. The molecule has 4 rings (SSSR count). The Morgan fingerprint density at radius 1 is 1.05 bits per heavy atom. The number of aromatic nitrogens is 3. The Balaban J connectivity index is 1.77. The van der Waals surface area contributed by atoms with Gasteiger partial charge >= 0.3 is 17.8 Å². The normalized spacial score (nSPS) is 15.7. The zero-order valence-corrected chi connectivity index (χ0v) is 21.4. The number of esters is 1. The molecular formula is C27H27F3N4O5. The van der Waals surface area contributed by atoms with Gasteiger partial charge in [-0.15, -0.1) is 0 Å². The number of rotatable bonds is 6. The first-order valence-corrected chi connectivity index (χ1v) is 12.4. The van der Waals surface area contributed by atoms with Crippen LogP contribution >= 0.6 is 0 Å². The number of halogens is 3. The van der Waals surface area contributed by atoms with Crippen LogP contribution in [-0.2, 0) is 22.3 Å². The molecule has 0 bridgehead atoms. The van der Waals surface area contributed by atoms with Gasteiger partial charge in [-0.1, -0.05) is 29.8 Å². The quantitative estimate of drug-likeness (QED) is 0.442. The number of hydrogen-bond acceptors (Lipinski definition) is 6. The summed E-state index contributed by atoms with van der Waals surface area (Å²) in [6.07, 6.45) is -3.51.